The van der Waals surface area contributed by atoms with E-state index in [1.807, 2.05) is 0 Å². The van der Waals surface area contributed by atoms with Crippen molar-refractivity contribution in [3.63, 3.8) is 0 Å². The summed E-state index contributed by atoms with van der Waals surface area (Å²) in [5.41, 5.74) is -0.0368. The summed E-state index contributed by atoms with van der Waals surface area (Å²) in [5, 5.41) is 18.8. The van der Waals surface area contributed by atoms with Gasteiger partial charge in [0, 0.05) is 6.07 Å². The van der Waals surface area contributed by atoms with Crippen LogP contribution in [0.1, 0.15) is 0 Å². The highest BCUT2D eigenvalue weighted by Gasteiger charge is 2.11. The highest BCUT2D eigenvalue weighted by atomic mass is 79.9. The van der Waals surface area contributed by atoms with Crippen LogP contribution in [0.3, 0.4) is 0 Å². The molecule has 0 aliphatic heterocycles. The molecule has 0 spiro atoms. The number of hydrogen-bond donors (Lipinski definition) is 1. The summed E-state index contributed by atoms with van der Waals surface area (Å²) in [7, 11) is -0.454. The predicted molar refractivity (Wildman–Crippen MR) is 50.8 cm³/mol. The molecule has 0 saturated heterocycles. The van der Waals surface area contributed by atoms with Gasteiger partial charge in [-0.25, -0.2) is 0 Å². The van der Waals surface area contributed by atoms with Crippen molar-refractivity contribution < 1.29 is 14.6 Å². The lowest BCUT2D eigenvalue weighted by molar-refractivity contribution is -0.385. The molecule has 5 nitrogen and oxygen atoms in total. The van der Waals surface area contributed by atoms with Gasteiger partial charge in [0.25, 0.3) is 5.69 Å². The van der Waals surface area contributed by atoms with Crippen molar-refractivity contribution >= 4 is 29.3 Å². The molecule has 0 heterocycles. The maximum atomic E-state index is 10.4. The van der Waals surface area contributed by atoms with E-state index in [4.69, 9.17) is 9.68 Å². The standard InChI is InChI=1S/C6H5BBrNO4/c8-5-3-4(13-7-10)1-2-6(5)9(11)12/h1-3,7,10H. The Morgan fingerprint density at radius 3 is 2.77 bits per heavy atom. The third kappa shape index (κ3) is 2.43. The number of halogens is 1. The molecule has 0 aliphatic rings. The zero-order valence-electron chi connectivity index (χ0n) is 6.44. The van der Waals surface area contributed by atoms with Gasteiger partial charge in [-0.15, -0.1) is 0 Å². The zero-order valence-corrected chi connectivity index (χ0v) is 8.02. The summed E-state index contributed by atoms with van der Waals surface area (Å²) in [6.45, 7) is 0. The number of nitro benzene ring substituents is 1. The molecule has 0 atom stereocenters. The topological polar surface area (TPSA) is 72.6 Å². The molecular formula is C6H5BBrNO4. The van der Waals surface area contributed by atoms with Crippen LogP contribution < -0.4 is 4.65 Å². The zero-order chi connectivity index (χ0) is 9.84. The molecule has 13 heavy (non-hydrogen) atoms. The van der Waals surface area contributed by atoms with Crippen LogP contribution in [0.15, 0.2) is 22.7 Å². The lowest BCUT2D eigenvalue weighted by atomic mass is 10.3. The van der Waals surface area contributed by atoms with Crippen molar-refractivity contribution in [2.45, 2.75) is 0 Å². The number of nitro groups is 1. The SMILES string of the molecule is O=[N+]([O-])c1ccc(OBO)cc1Br. The minimum atomic E-state index is -0.507. The van der Waals surface area contributed by atoms with Gasteiger partial charge >= 0.3 is 7.69 Å². The average molecular weight is 246 g/mol. The van der Waals surface area contributed by atoms with E-state index < -0.39 is 12.6 Å². The minimum Gasteiger partial charge on any atom is -0.539 e. The van der Waals surface area contributed by atoms with Crippen molar-refractivity contribution in [3.05, 3.63) is 32.8 Å². The molecule has 0 unspecified atom stereocenters. The molecule has 0 amide bonds. The van der Waals surface area contributed by atoms with Gasteiger partial charge in [-0.05, 0) is 28.1 Å². The Labute approximate surface area is 82.9 Å². The normalized spacial score (nSPS) is 9.38. The summed E-state index contributed by atoms with van der Waals surface area (Å²) in [5.74, 6) is 0.375. The maximum Gasteiger partial charge on any atom is 0.504 e. The number of nitrogens with zero attached hydrogens (tertiary/aromatic N) is 1. The molecular weight excluding hydrogens is 241 g/mol. The average Bonchev–Trinajstić information content (AvgIpc) is 2.04. The van der Waals surface area contributed by atoms with Gasteiger partial charge in [0.15, 0.2) is 0 Å². The van der Waals surface area contributed by atoms with Gasteiger partial charge in [-0.2, -0.15) is 0 Å². The third-order valence-electron chi connectivity index (χ3n) is 1.35. The molecule has 0 aliphatic carbocycles. The van der Waals surface area contributed by atoms with Crippen molar-refractivity contribution in [1.29, 1.82) is 0 Å². The van der Waals surface area contributed by atoms with Gasteiger partial charge < -0.3 is 9.68 Å². The molecule has 1 aromatic carbocycles. The molecule has 1 aromatic rings. The molecule has 68 valence electrons. The van der Waals surface area contributed by atoms with E-state index in [1.54, 1.807) is 0 Å². The molecule has 0 radical (unpaired) electrons. The summed E-state index contributed by atoms with van der Waals surface area (Å²) < 4.78 is 5.05. The molecule has 0 fully saturated rings. The largest absolute Gasteiger partial charge is 0.539 e. The Morgan fingerprint density at radius 2 is 2.31 bits per heavy atom. The number of benzene rings is 1. The van der Waals surface area contributed by atoms with Crippen LogP contribution in [0.2, 0.25) is 0 Å². The van der Waals surface area contributed by atoms with Gasteiger partial charge in [-0.3, -0.25) is 10.1 Å². The first-order valence-electron chi connectivity index (χ1n) is 3.32. The van der Waals surface area contributed by atoms with Crippen LogP contribution in [-0.2, 0) is 0 Å². The van der Waals surface area contributed by atoms with E-state index in [2.05, 4.69) is 15.9 Å². The van der Waals surface area contributed by atoms with Crippen LogP contribution in [0, 0.1) is 10.1 Å². The first kappa shape index (κ1) is 10.0. The van der Waals surface area contributed by atoms with Crippen molar-refractivity contribution in [1.82, 2.24) is 0 Å². The second kappa shape index (κ2) is 4.24. The second-order valence-electron chi connectivity index (χ2n) is 2.14. The Balaban J connectivity index is 2.98. The Kier molecular flexibility index (Phi) is 3.27. The molecule has 0 bridgehead atoms. The lowest BCUT2D eigenvalue weighted by Gasteiger charge is -2.01. The summed E-state index contributed by atoms with van der Waals surface area (Å²) in [4.78, 5) is 9.87. The van der Waals surface area contributed by atoms with Crippen LogP contribution in [0.5, 0.6) is 5.75 Å². The van der Waals surface area contributed by atoms with Crippen molar-refractivity contribution in [2.75, 3.05) is 0 Å². The van der Waals surface area contributed by atoms with Crippen LogP contribution in [-0.4, -0.2) is 17.6 Å². The Bertz CT molecular complexity index is 332. The lowest BCUT2D eigenvalue weighted by Crippen LogP contribution is -2.00. The summed E-state index contributed by atoms with van der Waals surface area (Å²) in [6, 6.07) is 4.14. The van der Waals surface area contributed by atoms with Crippen LogP contribution in [0.4, 0.5) is 5.69 Å². The first-order valence-corrected chi connectivity index (χ1v) is 4.12. The minimum absolute atomic E-state index is 0.0368. The van der Waals surface area contributed by atoms with E-state index >= 15 is 0 Å². The number of rotatable bonds is 3. The van der Waals surface area contributed by atoms with Gasteiger partial charge in [0.1, 0.15) is 5.75 Å². The fourth-order valence-corrected chi connectivity index (χ4v) is 1.30. The molecule has 0 saturated carbocycles. The van der Waals surface area contributed by atoms with Crippen molar-refractivity contribution in [2.24, 2.45) is 0 Å². The maximum absolute atomic E-state index is 10.4. The smallest absolute Gasteiger partial charge is 0.504 e. The molecule has 1 N–H and O–H groups in total. The molecule has 1 rings (SSSR count). The van der Waals surface area contributed by atoms with Gasteiger partial charge in [0.2, 0.25) is 0 Å². The highest BCUT2D eigenvalue weighted by Crippen LogP contribution is 2.28. The van der Waals surface area contributed by atoms with Gasteiger partial charge in [-0.1, -0.05) is 0 Å². The Morgan fingerprint density at radius 1 is 1.62 bits per heavy atom. The Hall–Kier alpha value is -1.08. The quantitative estimate of drug-likeness (QED) is 0.490. The van der Waals surface area contributed by atoms with Crippen molar-refractivity contribution in [3.8, 4) is 5.75 Å². The van der Waals surface area contributed by atoms with E-state index in [-0.39, 0.29) is 5.69 Å². The van der Waals surface area contributed by atoms with E-state index in [0.717, 1.165) is 0 Å². The first-order chi connectivity index (χ1) is 6.15. The molecule has 7 heteroatoms. The predicted octanol–water partition coefficient (Wildman–Crippen LogP) is 0.995. The van der Waals surface area contributed by atoms with Crippen LogP contribution >= 0.6 is 15.9 Å². The molecule has 0 aromatic heterocycles. The fourth-order valence-electron chi connectivity index (χ4n) is 0.800. The van der Waals surface area contributed by atoms with E-state index in [1.165, 1.54) is 18.2 Å². The van der Waals surface area contributed by atoms with Crippen LogP contribution in [0.25, 0.3) is 0 Å². The fraction of sp³-hybridized carbons (Fsp3) is 0. The third-order valence-corrected chi connectivity index (χ3v) is 1.98. The van der Waals surface area contributed by atoms with Gasteiger partial charge in [0.05, 0.1) is 9.40 Å². The number of hydrogen-bond acceptors (Lipinski definition) is 4. The summed E-state index contributed by atoms with van der Waals surface area (Å²) in [6.07, 6.45) is 0. The second-order valence-corrected chi connectivity index (χ2v) is 3.00. The monoisotopic (exact) mass is 245 g/mol. The summed E-state index contributed by atoms with van der Waals surface area (Å²) >= 11 is 3.01. The van der Waals surface area contributed by atoms with E-state index in [9.17, 15) is 10.1 Å². The highest BCUT2D eigenvalue weighted by molar-refractivity contribution is 9.10. The van der Waals surface area contributed by atoms with E-state index in [0.29, 0.717) is 10.2 Å².